The summed E-state index contributed by atoms with van der Waals surface area (Å²) in [5, 5.41) is 15.4. The lowest BCUT2D eigenvalue weighted by molar-refractivity contribution is 0.271. The number of thiophene rings is 1. The highest BCUT2D eigenvalue weighted by Gasteiger charge is 2.16. The van der Waals surface area contributed by atoms with Crippen molar-refractivity contribution in [2.45, 2.75) is 6.92 Å². The molecule has 34 heavy (non-hydrogen) atoms. The van der Waals surface area contributed by atoms with Gasteiger partial charge in [-0.3, -0.25) is 0 Å². The summed E-state index contributed by atoms with van der Waals surface area (Å²) in [6.45, 7) is 7.62. The van der Waals surface area contributed by atoms with Crippen molar-refractivity contribution in [1.82, 2.24) is 14.9 Å². The number of phenols is 1. The lowest BCUT2D eigenvalue weighted by Gasteiger charge is -2.35. The van der Waals surface area contributed by atoms with Crippen molar-refractivity contribution >= 4 is 50.9 Å². The van der Waals surface area contributed by atoms with Crippen LogP contribution in [0.2, 0.25) is 0 Å². The molecule has 0 saturated carbocycles. The van der Waals surface area contributed by atoms with Crippen LogP contribution in [0.3, 0.4) is 0 Å². The average Bonchev–Trinajstić information content (AvgIpc) is 3.29. The van der Waals surface area contributed by atoms with Gasteiger partial charge in [0.1, 0.15) is 17.9 Å². The van der Waals surface area contributed by atoms with Crippen molar-refractivity contribution in [1.29, 1.82) is 0 Å². The predicted octanol–water partition coefficient (Wildman–Crippen LogP) is 5.59. The van der Waals surface area contributed by atoms with E-state index in [1.807, 2.05) is 11.5 Å². The first kappa shape index (κ1) is 22.3. The van der Waals surface area contributed by atoms with E-state index in [0.717, 1.165) is 60.0 Å². The van der Waals surface area contributed by atoms with Gasteiger partial charge in [-0.1, -0.05) is 19.1 Å². The number of aromatic nitrogens is 2. The highest BCUT2D eigenvalue weighted by Crippen LogP contribution is 2.33. The molecule has 0 amide bonds. The Hall–Kier alpha value is -3.49. The van der Waals surface area contributed by atoms with Gasteiger partial charge < -0.3 is 20.2 Å². The molecule has 6 nitrogen and oxygen atoms in total. The number of benzene rings is 2. The molecule has 0 atom stereocenters. The van der Waals surface area contributed by atoms with E-state index < -0.39 is 5.82 Å². The number of hydrogen-bond acceptors (Lipinski definition) is 7. The second-order valence-electron chi connectivity index (χ2n) is 8.22. The first-order chi connectivity index (χ1) is 16.6. The number of piperazine rings is 1. The molecule has 3 heterocycles. The lowest BCUT2D eigenvalue weighted by atomic mass is 10.1. The molecule has 2 aromatic heterocycles. The average molecular weight is 476 g/mol. The van der Waals surface area contributed by atoms with Crippen molar-refractivity contribution in [3.63, 3.8) is 0 Å². The quantitative estimate of drug-likeness (QED) is 0.379. The SMILES string of the molecule is CCN1CCN(c2ccc(Nc3ncnc4c(/C=C/c5cc(F)ccc5O)csc34)cc2)CC1. The Morgan fingerprint density at radius 3 is 2.56 bits per heavy atom. The number of phenolic OH excluding ortho intramolecular Hbond substituents is 1. The number of aromatic hydroxyl groups is 1. The van der Waals surface area contributed by atoms with E-state index >= 15 is 0 Å². The van der Waals surface area contributed by atoms with Gasteiger partial charge in [0.15, 0.2) is 5.82 Å². The molecule has 4 aromatic rings. The van der Waals surface area contributed by atoms with Crippen molar-refractivity contribution in [2.24, 2.45) is 0 Å². The Balaban J connectivity index is 1.32. The summed E-state index contributed by atoms with van der Waals surface area (Å²) in [4.78, 5) is 13.8. The van der Waals surface area contributed by atoms with E-state index in [4.69, 9.17) is 0 Å². The third-order valence-electron chi connectivity index (χ3n) is 6.13. The number of halogens is 1. The number of likely N-dealkylation sites (N-methyl/N-ethyl adjacent to an activating group) is 1. The van der Waals surface area contributed by atoms with Crippen molar-refractivity contribution in [3.05, 3.63) is 71.1 Å². The topological polar surface area (TPSA) is 64.5 Å². The van der Waals surface area contributed by atoms with E-state index in [2.05, 4.69) is 56.3 Å². The van der Waals surface area contributed by atoms with Crippen LogP contribution in [-0.2, 0) is 0 Å². The van der Waals surface area contributed by atoms with Gasteiger partial charge in [-0.15, -0.1) is 11.3 Å². The van der Waals surface area contributed by atoms with Crippen LogP contribution < -0.4 is 10.2 Å². The molecule has 174 valence electrons. The van der Waals surface area contributed by atoms with Gasteiger partial charge in [0.2, 0.25) is 0 Å². The van der Waals surface area contributed by atoms with Crippen molar-refractivity contribution in [2.75, 3.05) is 42.9 Å². The monoisotopic (exact) mass is 475 g/mol. The molecule has 0 bridgehead atoms. The molecule has 1 fully saturated rings. The third kappa shape index (κ3) is 4.73. The first-order valence-electron chi connectivity index (χ1n) is 11.3. The Labute approximate surface area is 202 Å². The fourth-order valence-corrected chi connectivity index (χ4v) is 5.06. The van der Waals surface area contributed by atoms with Gasteiger partial charge >= 0.3 is 0 Å². The standard InChI is InChI=1S/C26H26FN5OS/c1-2-31-11-13-32(14-12-31)22-8-6-21(7-9-22)30-26-25-24(28-17-29-26)19(16-34-25)4-3-18-15-20(27)5-10-23(18)33/h3-10,15-17,33H,2,11-14H2,1H3,(H,28,29,30)/b4-3+. The molecule has 0 spiro atoms. The van der Waals surface area contributed by atoms with E-state index in [1.54, 1.807) is 17.4 Å². The van der Waals surface area contributed by atoms with Crippen LogP contribution >= 0.6 is 11.3 Å². The second kappa shape index (κ2) is 9.79. The van der Waals surface area contributed by atoms with Crippen LogP contribution in [0.15, 0.2) is 54.2 Å². The van der Waals surface area contributed by atoms with Crippen LogP contribution in [0, 0.1) is 5.82 Å². The minimum absolute atomic E-state index is 0.0323. The number of anilines is 3. The zero-order valence-electron chi connectivity index (χ0n) is 18.9. The maximum absolute atomic E-state index is 13.5. The van der Waals surface area contributed by atoms with Gasteiger partial charge in [-0.05, 0) is 49.0 Å². The maximum atomic E-state index is 13.5. The van der Waals surface area contributed by atoms with Gasteiger partial charge in [-0.2, -0.15) is 0 Å². The van der Waals surface area contributed by atoms with Crippen LogP contribution in [0.5, 0.6) is 5.75 Å². The summed E-state index contributed by atoms with van der Waals surface area (Å²) in [6.07, 6.45) is 5.06. The molecule has 0 radical (unpaired) electrons. The summed E-state index contributed by atoms with van der Waals surface area (Å²) >= 11 is 1.54. The first-order valence-corrected chi connectivity index (χ1v) is 12.2. The molecule has 5 rings (SSSR count). The number of hydrogen-bond donors (Lipinski definition) is 2. The molecule has 0 aliphatic carbocycles. The Morgan fingerprint density at radius 2 is 1.79 bits per heavy atom. The Kier molecular flexibility index (Phi) is 6.42. The molecule has 1 aliphatic heterocycles. The molecular formula is C26H26FN5OS. The van der Waals surface area contributed by atoms with E-state index in [-0.39, 0.29) is 5.75 Å². The predicted molar refractivity (Wildman–Crippen MR) is 138 cm³/mol. The smallest absolute Gasteiger partial charge is 0.151 e. The summed E-state index contributed by atoms with van der Waals surface area (Å²) in [5.41, 5.74) is 4.31. The van der Waals surface area contributed by atoms with E-state index in [9.17, 15) is 9.50 Å². The minimum Gasteiger partial charge on any atom is -0.507 e. The van der Waals surface area contributed by atoms with Crippen molar-refractivity contribution in [3.8, 4) is 5.75 Å². The molecule has 8 heteroatoms. The van der Waals surface area contributed by atoms with E-state index in [1.165, 1.54) is 30.2 Å². The normalized spacial score (nSPS) is 14.8. The summed E-state index contributed by atoms with van der Waals surface area (Å²) in [6, 6.07) is 12.3. The number of nitrogens with zero attached hydrogens (tertiary/aromatic N) is 4. The van der Waals surface area contributed by atoms with Crippen LogP contribution in [0.25, 0.3) is 22.4 Å². The van der Waals surface area contributed by atoms with Crippen LogP contribution in [0.1, 0.15) is 18.1 Å². The molecule has 2 aromatic carbocycles. The fourth-order valence-electron chi connectivity index (χ4n) is 4.13. The van der Waals surface area contributed by atoms with Gasteiger partial charge in [0.25, 0.3) is 0 Å². The fraction of sp³-hybridized carbons (Fsp3) is 0.231. The van der Waals surface area contributed by atoms with Crippen LogP contribution in [0.4, 0.5) is 21.6 Å². The van der Waals surface area contributed by atoms with Gasteiger partial charge in [0.05, 0.1) is 10.2 Å². The zero-order valence-corrected chi connectivity index (χ0v) is 19.7. The Morgan fingerprint density at radius 1 is 1.03 bits per heavy atom. The second-order valence-corrected chi connectivity index (χ2v) is 9.10. The molecule has 0 unspecified atom stereocenters. The molecule has 1 aliphatic rings. The lowest BCUT2D eigenvalue weighted by Crippen LogP contribution is -2.46. The third-order valence-corrected chi connectivity index (χ3v) is 7.12. The zero-order chi connectivity index (χ0) is 23.5. The summed E-state index contributed by atoms with van der Waals surface area (Å²) in [5.74, 6) is 0.382. The number of nitrogens with one attached hydrogen (secondary N) is 1. The Bertz CT molecular complexity index is 1310. The number of rotatable bonds is 6. The summed E-state index contributed by atoms with van der Waals surface area (Å²) < 4.78 is 14.4. The molecular weight excluding hydrogens is 449 g/mol. The van der Waals surface area contributed by atoms with E-state index in [0.29, 0.717) is 5.56 Å². The minimum atomic E-state index is -0.393. The maximum Gasteiger partial charge on any atom is 0.151 e. The highest BCUT2D eigenvalue weighted by molar-refractivity contribution is 7.18. The van der Waals surface area contributed by atoms with Gasteiger partial charge in [-0.25, -0.2) is 14.4 Å². The highest BCUT2D eigenvalue weighted by atomic mass is 32.1. The van der Waals surface area contributed by atoms with Crippen LogP contribution in [-0.4, -0.2) is 52.7 Å². The molecule has 1 saturated heterocycles. The molecule has 2 N–H and O–H groups in total. The van der Waals surface area contributed by atoms with Crippen molar-refractivity contribution < 1.29 is 9.50 Å². The van der Waals surface area contributed by atoms with Gasteiger partial charge in [0, 0.05) is 54.1 Å². The summed E-state index contributed by atoms with van der Waals surface area (Å²) in [7, 11) is 0. The largest absolute Gasteiger partial charge is 0.507 e. The number of fused-ring (bicyclic) bond motifs is 1.